The Morgan fingerprint density at radius 3 is 2.95 bits per heavy atom. The fourth-order valence-corrected chi connectivity index (χ4v) is 2.69. The lowest BCUT2D eigenvalue weighted by molar-refractivity contribution is 0.0600. The van der Waals surface area contributed by atoms with Crippen LogP contribution in [0.5, 0.6) is 0 Å². The van der Waals surface area contributed by atoms with Crippen LogP contribution in [0.25, 0.3) is 0 Å². The van der Waals surface area contributed by atoms with Crippen LogP contribution in [0.2, 0.25) is 0 Å². The quantitative estimate of drug-likeness (QED) is 0.850. The summed E-state index contributed by atoms with van der Waals surface area (Å²) >= 11 is 0. The van der Waals surface area contributed by atoms with E-state index in [1.54, 1.807) is 18.3 Å². The number of hydrogen-bond donors (Lipinski definition) is 1. The first kappa shape index (κ1) is 13.8. The SMILES string of the molecule is COC(=O)c1ccnc(NC2CCCCC2(C)C)c1. The molecule has 0 aromatic carbocycles. The number of methoxy groups -OCH3 is 1. The van der Waals surface area contributed by atoms with Gasteiger partial charge in [-0.3, -0.25) is 0 Å². The van der Waals surface area contributed by atoms with Crippen molar-refractivity contribution in [2.24, 2.45) is 5.41 Å². The molecule has 1 aliphatic carbocycles. The lowest BCUT2D eigenvalue weighted by Crippen LogP contribution is -2.39. The highest BCUT2D eigenvalue weighted by atomic mass is 16.5. The third kappa shape index (κ3) is 3.25. The van der Waals surface area contributed by atoms with Crippen LogP contribution in [0.1, 0.15) is 49.9 Å². The zero-order valence-electron chi connectivity index (χ0n) is 11.9. The van der Waals surface area contributed by atoms with Gasteiger partial charge in [0.1, 0.15) is 5.82 Å². The maximum absolute atomic E-state index is 11.5. The van der Waals surface area contributed by atoms with Crippen LogP contribution in [-0.4, -0.2) is 24.1 Å². The molecule has 1 aliphatic rings. The number of carbonyl (C=O) groups excluding carboxylic acids is 1. The molecule has 0 radical (unpaired) electrons. The van der Waals surface area contributed by atoms with Crippen molar-refractivity contribution in [2.45, 2.75) is 45.6 Å². The minimum Gasteiger partial charge on any atom is -0.465 e. The van der Waals surface area contributed by atoms with Gasteiger partial charge in [-0.1, -0.05) is 26.7 Å². The lowest BCUT2D eigenvalue weighted by atomic mass is 9.73. The summed E-state index contributed by atoms with van der Waals surface area (Å²) in [6, 6.07) is 3.83. The van der Waals surface area contributed by atoms with E-state index >= 15 is 0 Å². The van der Waals surface area contributed by atoms with Crippen LogP contribution < -0.4 is 5.32 Å². The Balaban J connectivity index is 2.12. The molecule has 1 saturated carbocycles. The maximum Gasteiger partial charge on any atom is 0.338 e. The average molecular weight is 262 g/mol. The molecule has 0 bridgehead atoms. The Morgan fingerprint density at radius 1 is 1.47 bits per heavy atom. The Morgan fingerprint density at radius 2 is 2.26 bits per heavy atom. The number of ether oxygens (including phenoxy) is 1. The number of anilines is 1. The summed E-state index contributed by atoms with van der Waals surface area (Å²) in [5.41, 5.74) is 0.801. The predicted molar refractivity (Wildman–Crippen MR) is 75.2 cm³/mol. The van der Waals surface area contributed by atoms with E-state index < -0.39 is 0 Å². The summed E-state index contributed by atoms with van der Waals surface area (Å²) in [7, 11) is 1.39. The van der Waals surface area contributed by atoms with Crippen molar-refractivity contribution in [1.82, 2.24) is 4.98 Å². The number of esters is 1. The Kier molecular flexibility index (Phi) is 4.08. The fourth-order valence-electron chi connectivity index (χ4n) is 2.69. The molecule has 19 heavy (non-hydrogen) atoms. The second kappa shape index (κ2) is 5.59. The molecule has 0 spiro atoms. The number of pyridine rings is 1. The molecule has 1 aromatic rings. The predicted octanol–water partition coefficient (Wildman–Crippen LogP) is 3.25. The van der Waals surface area contributed by atoms with Gasteiger partial charge in [-0.2, -0.15) is 0 Å². The molecule has 1 heterocycles. The summed E-state index contributed by atoms with van der Waals surface area (Å²) in [6.07, 6.45) is 6.56. The molecule has 1 unspecified atom stereocenters. The standard InChI is InChI=1S/C15H22N2O2/c1-15(2)8-5-4-6-12(15)17-13-10-11(7-9-16-13)14(18)19-3/h7,9-10,12H,4-6,8H2,1-3H3,(H,16,17). The monoisotopic (exact) mass is 262 g/mol. The first-order valence-corrected chi connectivity index (χ1v) is 6.84. The van der Waals surface area contributed by atoms with Crippen LogP contribution >= 0.6 is 0 Å². The smallest absolute Gasteiger partial charge is 0.338 e. The van der Waals surface area contributed by atoms with Crippen LogP contribution in [0.15, 0.2) is 18.3 Å². The van der Waals surface area contributed by atoms with Gasteiger partial charge >= 0.3 is 5.97 Å². The maximum atomic E-state index is 11.5. The van der Waals surface area contributed by atoms with Gasteiger partial charge in [0, 0.05) is 12.2 Å². The molecule has 0 amide bonds. The Bertz CT molecular complexity index is 457. The molecule has 4 nitrogen and oxygen atoms in total. The van der Waals surface area contributed by atoms with Crippen molar-refractivity contribution in [3.63, 3.8) is 0 Å². The zero-order chi connectivity index (χ0) is 13.9. The number of rotatable bonds is 3. The van der Waals surface area contributed by atoms with Crippen molar-refractivity contribution in [3.05, 3.63) is 23.9 Å². The van der Waals surface area contributed by atoms with Gasteiger partial charge in [0.15, 0.2) is 0 Å². The highest BCUT2D eigenvalue weighted by Gasteiger charge is 2.32. The van der Waals surface area contributed by atoms with E-state index in [0.717, 1.165) is 12.2 Å². The molecule has 0 saturated heterocycles. The molecular formula is C15H22N2O2. The fraction of sp³-hybridized carbons (Fsp3) is 0.600. The van der Waals surface area contributed by atoms with E-state index in [-0.39, 0.29) is 11.4 Å². The average Bonchev–Trinajstić information content (AvgIpc) is 2.40. The van der Waals surface area contributed by atoms with E-state index in [1.165, 1.54) is 26.4 Å². The topological polar surface area (TPSA) is 51.2 Å². The molecule has 1 fully saturated rings. The van der Waals surface area contributed by atoms with Crippen LogP contribution in [0.3, 0.4) is 0 Å². The molecule has 1 aromatic heterocycles. The van der Waals surface area contributed by atoms with Crippen molar-refractivity contribution in [3.8, 4) is 0 Å². The highest BCUT2D eigenvalue weighted by molar-refractivity contribution is 5.89. The summed E-state index contributed by atoms with van der Waals surface area (Å²) < 4.78 is 4.73. The van der Waals surface area contributed by atoms with Gasteiger partial charge in [0.2, 0.25) is 0 Å². The molecule has 1 N–H and O–H groups in total. The third-order valence-corrected chi connectivity index (χ3v) is 4.01. The molecule has 1 atom stereocenters. The minimum absolute atomic E-state index is 0.265. The number of nitrogens with zero attached hydrogens (tertiary/aromatic N) is 1. The zero-order valence-corrected chi connectivity index (χ0v) is 11.9. The first-order valence-electron chi connectivity index (χ1n) is 6.84. The summed E-state index contributed by atoms with van der Waals surface area (Å²) in [4.78, 5) is 15.8. The van der Waals surface area contributed by atoms with Crippen LogP contribution in [0.4, 0.5) is 5.82 Å². The molecule has 2 rings (SSSR count). The summed E-state index contributed by atoms with van der Waals surface area (Å²) in [5, 5.41) is 3.47. The number of aromatic nitrogens is 1. The largest absolute Gasteiger partial charge is 0.465 e. The lowest BCUT2D eigenvalue weighted by Gasteiger charge is -2.39. The van der Waals surface area contributed by atoms with Gasteiger partial charge in [0.05, 0.1) is 12.7 Å². The van der Waals surface area contributed by atoms with Gasteiger partial charge in [-0.15, -0.1) is 0 Å². The van der Waals surface area contributed by atoms with Crippen molar-refractivity contribution >= 4 is 11.8 Å². The van der Waals surface area contributed by atoms with Crippen molar-refractivity contribution in [1.29, 1.82) is 0 Å². The van der Waals surface area contributed by atoms with Gasteiger partial charge in [-0.25, -0.2) is 9.78 Å². The minimum atomic E-state index is -0.326. The number of carbonyl (C=O) groups is 1. The molecular weight excluding hydrogens is 240 g/mol. The number of hydrogen-bond acceptors (Lipinski definition) is 4. The van der Waals surface area contributed by atoms with Gasteiger partial charge < -0.3 is 10.1 Å². The highest BCUT2D eigenvalue weighted by Crippen LogP contribution is 2.37. The van der Waals surface area contributed by atoms with Gasteiger partial charge in [-0.05, 0) is 30.4 Å². The summed E-state index contributed by atoms with van der Waals surface area (Å²) in [6.45, 7) is 4.57. The third-order valence-electron chi connectivity index (χ3n) is 4.01. The second-order valence-corrected chi connectivity index (χ2v) is 5.85. The van der Waals surface area contributed by atoms with E-state index in [9.17, 15) is 4.79 Å². The van der Waals surface area contributed by atoms with E-state index in [0.29, 0.717) is 11.6 Å². The van der Waals surface area contributed by atoms with E-state index in [2.05, 4.69) is 24.1 Å². The first-order chi connectivity index (χ1) is 9.03. The van der Waals surface area contributed by atoms with Gasteiger partial charge in [0.25, 0.3) is 0 Å². The normalized spacial score (nSPS) is 21.7. The molecule has 4 heteroatoms. The van der Waals surface area contributed by atoms with E-state index in [4.69, 9.17) is 4.74 Å². The summed E-state index contributed by atoms with van der Waals surface area (Å²) in [5.74, 6) is 0.427. The van der Waals surface area contributed by atoms with Crippen LogP contribution in [-0.2, 0) is 4.74 Å². The van der Waals surface area contributed by atoms with Crippen LogP contribution in [0, 0.1) is 5.41 Å². The molecule has 0 aliphatic heterocycles. The van der Waals surface area contributed by atoms with Crippen molar-refractivity contribution in [2.75, 3.05) is 12.4 Å². The second-order valence-electron chi connectivity index (χ2n) is 5.85. The van der Waals surface area contributed by atoms with Crippen molar-refractivity contribution < 1.29 is 9.53 Å². The Hall–Kier alpha value is -1.58. The Labute approximate surface area is 114 Å². The van der Waals surface area contributed by atoms with E-state index in [1.807, 2.05) is 0 Å². The number of nitrogens with one attached hydrogen (secondary N) is 1. The molecule has 104 valence electrons.